The molecule has 3 nitrogen and oxygen atoms in total. The van der Waals surface area contributed by atoms with Gasteiger partial charge in [-0.1, -0.05) is 275 Å². The highest BCUT2D eigenvalue weighted by Crippen LogP contribution is 2.31. The number of aromatic nitrogens is 3. The Kier molecular flexibility index (Phi) is 30.4. The molecular formula is C90H118F5N3. The lowest BCUT2D eigenvalue weighted by Crippen LogP contribution is -2.13. The number of para-hydroxylation sites is 1. The predicted molar refractivity (Wildman–Crippen MR) is 413 cm³/mol. The van der Waals surface area contributed by atoms with E-state index in [2.05, 4.69) is 195 Å². The smallest absolute Gasteiger partial charge is 0.129 e. The number of hydrogen-bond donors (Lipinski definition) is 0. The Balaban J connectivity index is 0.000000292. The fraction of sp³-hybridized carbons (Fsp3) is 0.411. The van der Waals surface area contributed by atoms with Gasteiger partial charge in [0.2, 0.25) is 0 Å². The summed E-state index contributed by atoms with van der Waals surface area (Å²) in [5.41, 5.74) is 16.2. The zero-order valence-corrected chi connectivity index (χ0v) is 65.1. The highest BCUT2D eigenvalue weighted by Gasteiger charge is 2.22. The summed E-state index contributed by atoms with van der Waals surface area (Å²) < 4.78 is 65.3. The lowest BCUT2D eigenvalue weighted by Gasteiger charge is -2.20. The molecule has 98 heavy (non-hydrogen) atoms. The van der Waals surface area contributed by atoms with Crippen molar-refractivity contribution in [3.8, 4) is 0 Å². The van der Waals surface area contributed by atoms with E-state index < -0.39 is 0 Å². The fourth-order valence-corrected chi connectivity index (χ4v) is 9.97. The van der Waals surface area contributed by atoms with Gasteiger partial charge in [-0.25, -0.2) is 22.0 Å². The van der Waals surface area contributed by atoms with Crippen LogP contribution in [-0.4, -0.2) is 15.0 Å². The topological polar surface area (TPSA) is 38.7 Å². The summed E-state index contributed by atoms with van der Waals surface area (Å²) >= 11 is 0. The van der Waals surface area contributed by atoms with Gasteiger partial charge in [-0.05, 0) is 206 Å². The molecule has 0 N–H and O–H groups in total. The number of rotatable bonds is 0. The Morgan fingerprint density at radius 3 is 1.23 bits per heavy atom. The molecule has 0 saturated heterocycles. The molecule has 0 saturated carbocycles. The Bertz CT molecular complexity index is 4000. The molecule has 0 atom stereocenters. The average Bonchev–Trinajstić information content (AvgIpc) is 0.840. The minimum atomic E-state index is -0.155. The van der Waals surface area contributed by atoms with Crippen LogP contribution in [0.15, 0.2) is 188 Å². The molecule has 0 fully saturated rings. The number of pyridine rings is 3. The standard InChI is InChI=1S/2C13H15N.4C11H15F.C10H13F.C10H15N/c1-13(2,3)11-7-6-10-5-4-8-14-12(10)9-11;1-13(2,3)11-8-10-6-4-5-7-12(10)14-9-11;1-8-5-9(11(2,3)4)7-10(12)6-8;1-8-7-9(11(2,3)4)5-6-10(8)12;1-8-5-6-10(12)9(7-8)11(2,3)4;1-8-6-5-7-9(10(8)12)11(2,3)4;1-10(2,3)8-5-4-6-9(11)7-8;1-8-9(10(2,3)4)6-5-7-11-8/h2*4-9H,1-3H3;4*5-7H,1-4H3;4-7H,1-3H3;5-7H,1-4H3. The summed E-state index contributed by atoms with van der Waals surface area (Å²) in [6.07, 6.45) is 5.65. The normalized spacial score (nSPS) is 11.8. The largest absolute Gasteiger partial charge is 0.261 e. The molecule has 3 aromatic heterocycles. The number of nitrogens with zero attached hydrogens (tertiary/aromatic N) is 3. The van der Waals surface area contributed by atoms with Gasteiger partial charge in [0.25, 0.3) is 0 Å². The van der Waals surface area contributed by atoms with E-state index in [9.17, 15) is 22.0 Å². The van der Waals surface area contributed by atoms with E-state index in [-0.39, 0.29) is 72.4 Å². The van der Waals surface area contributed by atoms with Gasteiger partial charge in [0.15, 0.2) is 0 Å². The summed E-state index contributed by atoms with van der Waals surface area (Å²) in [7, 11) is 0. The molecule has 0 aliphatic heterocycles. The molecular weight excluding hydrogens is 1220 g/mol. The monoisotopic (exact) mass is 1340 g/mol. The van der Waals surface area contributed by atoms with Crippen LogP contribution in [0.3, 0.4) is 0 Å². The molecule has 3 heterocycles. The van der Waals surface area contributed by atoms with Crippen molar-refractivity contribution in [3.63, 3.8) is 0 Å². The van der Waals surface area contributed by atoms with Gasteiger partial charge in [-0.15, -0.1) is 0 Å². The SMILES string of the molecule is CC(C)(C)c1ccc2cccnc2c1.CC(C)(C)c1cccc(F)c1.CC(C)(C)c1cnc2ccccc2c1.Cc1cc(C(C)(C)C)ccc1F.Cc1cc(F)cc(C(C)(C)C)c1.Cc1ccc(F)c(C(C)(C)C)c1.Cc1cccc(C(C)(C)C)c1F.Cc1ncccc1C(C)(C)C. The van der Waals surface area contributed by atoms with Crippen LogP contribution in [-0.2, 0) is 43.3 Å². The zero-order chi connectivity index (χ0) is 74.7. The maximum atomic E-state index is 13.5. The third-order valence-corrected chi connectivity index (χ3v) is 16.3. The minimum Gasteiger partial charge on any atom is -0.261 e. The average molecular weight is 1340 g/mol. The summed E-state index contributed by atoms with van der Waals surface area (Å²) in [6.45, 7) is 60.4. The molecule has 10 rings (SSSR count). The van der Waals surface area contributed by atoms with Gasteiger partial charge < -0.3 is 0 Å². The van der Waals surface area contributed by atoms with Crippen LogP contribution in [0.25, 0.3) is 21.8 Å². The first kappa shape index (κ1) is 84.4. The zero-order valence-electron chi connectivity index (χ0n) is 65.1. The molecule has 8 heteroatoms. The van der Waals surface area contributed by atoms with Crippen molar-refractivity contribution >= 4 is 21.8 Å². The van der Waals surface area contributed by atoms with Crippen molar-refractivity contribution in [1.82, 2.24) is 15.0 Å². The second-order valence-corrected chi connectivity index (χ2v) is 33.9. The fourth-order valence-electron chi connectivity index (χ4n) is 9.97. The van der Waals surface area contributed by atoms with Crippen LogP contribution in [0.4, 0.5) is 22.0 Å². The number of fused-ring (bicyclic) bond motifs is 2. The van der Waals surface area contributed by atoms with Gasteiger partial charge in [0, 0.05) is 35.1 Å². The Morgan fingerprint density at radius 2 is 0.745 bits per heavy atom. The van der Waals surface area contributed by atoms with Crippen LogP contribution in [0.2, 0.25) is 0 Å². The highest BCUT2D eigenvalue weighted by molar-refractivity contribution is 5.79. The van der Waals surface area contributed by atoms with Crippen molar-refractivity contribution in [3.05, 3.63) is 290 Å². The Hall–Kier alpha value is -7.84. The van der Waals surface area contributed by atoms with Crippen LogP contribution >= 0.6 is 0 Å². The Labute approximate surface area is 589 Å². The molecule has 10 aromatic rings. The molecule has 0 amide bonds. The first-order chi connectivity index (χ1) is 44.8. The summed E-state index contributed by atoms with van der Waals surface area (Å²) in [6, 6.07) is 53.2. The molecule has 0 unspecified atom stereocenters. The quantitative estimate of drug-likeness (QED) is 0.142. The van der Waals surface area contributed by atoms with E-state index in [1.54, 1.807) is 50.2 Å². The number of aryl methyl sites for hydroxylation is 5. The molecule has 528 valence electrons. The molecule has 0 spiro atoms. The molecule has 7 aromatic carbocycles. The highest BCUT2D eigenvalue weighted by atomic mass is 19.1. The number of halogens is 5. The summed E-state index contributed by atoms with van der Waals surface area (Å²) in [5, 5.41) is 2.43. The third kappa shape index (κ3) is 28.6. The van der Waals surface area contributed by atoms with Crippen molar-refractivity contribution in [1.29, 1.82) is 0 Å². The first-order valence-corrected chi connectivity index (χ1v) is 34.3. The molecule has 0 bridgehead atoms. The Morgan fingerprint density at radius 1 is 0.265 bits per heavy atom. The van der Waals surface area contributed by atoms with Crippen molar-refractivity contribution in [2.45, 2.75) is 244 Å². The lowest BCUT2D eigenvalue weighted by molar-refractivity contribution is 0.518. The van der Waals surface area contributed by atoms with Crippen LogP contribution in [0.1, 0.15) is 239 Å². The second-order valence-electron chi connectivity index (χ2n) is 33.9. The third-order valence-electron chi connectivity index (χ3n) is 16.3. The van der Waals surface area contributed by atoms with Crippen molar-refractivity contribution < 1.29 is 22.0 Å². The predicted octanol–water partition coefficient (Wildman–Crippen LogP) is 26.6. The maximum absolute atomic E-state index is 13.5. The van der Waals surface area contributed by atoms with Crippen LogP contribution in [0, 0.1) is 63.7 Å². The van der Waals surface area contributed by atoms with Crippen molar-refractivity contribution in [2.75, 3.05) is 0 Å². The van der Waals surface area contributed by atoms with Gasteiger partial charge in [-0.3, -0.25) is 15.0 Å². The van der Waals surface area contributed by atoms with Gasteiger partial charge >= 0.3 is 0 Å². The second kappa shape index (κ2) is 35.3. The first-order valence-electron chi connectivity index (χ1n) is 34.3. The molecule has 0 aliphatic carbocycles. The van der Waals surface area contributed by atoms with Gasteiger partial charge in [0.1, 0.15) is 29.1 Å². The molecule has 0 radical (unpaired) electrons. The van der Waals surface area contributed by atoms with Gasteiger partial charge in [0.05, 0.1) is 11.0 Å². The van der Waals surface area contributed by atoms with E-state index in [0.29, 0.717) is 0 Å². The van der Waals surface area contributed by atoms with E-state index in [0.717, 1.165) is 61.2 Å². The van der Waals surface area contributed by atoms with Crippen molar-refractivity contribution in [2.24, 2.45) is 0 Å². The number of benzene rings is 7. The van der Waals surface area contributed by atoms with Crippen LogP contribution < -0.4 is 0 Å². The summed E-state index contributed by atoms with van der Waals surface area (Å²) in [5.74, 6) is -0.585. The van der Waals surface area contributed by atoms with E-state index in [4.69, 9.17) is 0 Å². The van der Waals surface area contributed by atoms with E-state index in [1.165, 1.54) is 51.2 Å². The lowest BCUT2D eigenvalue weighted by atomic mass is 9.86. The van der Waals surface area contributed by atoms with E-state index >= 15 is 0 Å². The minimum absolute atomic E-state index is 0.0346. The van der Waals surface area contributed by atoms with Crippen LogP contribution in [0.5, 0.6) is 0 Å². The molecule has 0 aliphatic rings. The summed E-state index contributed by atoms with van der Waals surface area (Å²) in [4.78, 5) is 13.0. The number of hydrogen-bond acceptors (Lipinski definition) is 3. The maximum Gasteiger partial charge on any atom is 0.129 e. The van der Waals surface area contributed by atoms with E-state index in [1.807, 2.05) is 141 Å². The van der Waals surface area contributed by atoms with Gasteiger partial charge in [-0.2, -0.15) is 0 Å².